The van der Waals surface area contributed by atoms with Gasteiger partial charge in [0.2, 0.25) is 0 Å². The molecule has 1 atom stereocenters. The zero-order valence-electron chi connectivity index (χ0n) is 14.4. The van der Waals surface area contributed by atoms with Crippen molar-refractivity contribution in [3.05, 3.63) is 42.0 Å². The van der Waals surface area contributed by atoms with Crippen LogP contribution in [-0.4, -0.2) is 22.7 Å². The van der Waals surface area contributed by atoms with Crippen LogP contribution in [0.1, 0.15) is 53.0 Å². The number of nitrogens with one attached hydrogen (secondary N) is 1. The average Bonchev–Trinajstić information content (AvgIpc) is 2.44. The number of carbonyl (C=O) groups excluding carboxylic acids is 1. The summed E-state index contributed by atoms with van der Waals surface area (Å²) in [6.45, 7) is 10.5. The van der Waals surface area contributed by atoms with Crippen molar-refractivity contribution in [3.63, 3.8) is 0 Å². The van der Waals surface area contributed by atoms with E-state index in [1.165, 1.54) is 6.08 Å². The van der Waals surface area contributed by atoms with E-state index < -0.39 is 6.10 Å². The predicted molar refractivity (Wildman–Crippen MR) is 92.4 cm³/mol. The minimum Gasteiger partial charge on any atom is -0.379 e. The van der Waals surface area contributed by atoms with Gasteiger partial charge < -0.3 is 10.4 Å². The Balaban J connectivity index is 2.62. The first kappa shape index (κ1) is 18.4. The fourth-order valence-corrected chi connectivity index (χ4v) is 2.63. The van der Waals surface area contributed by atoms with Gasteiger partial charge in [0.05, 0.1) is 0 Å². The Morgan fingerprint density at radius 1 is 1.23 bits per heavy atom. The molecule has 3 heteroatoms. The monoisotopic (exact) mass is 303 g/mol. The normalized spacial score (nSPS) is 14.1. The topological polar surface area (TPSA) is 49.3 Å². The summed E-state index contributed by atoms with van der Waals surface area (Å²) in [6.07, 6.45) is 4.04. The number of amides is 1. The number of aliphatic hydroxyl groups excluding tert-OH is 1. The Bertz CT molecular complexity index is 503. The van der Waals surface area contributed by atoms with E-state index in [0.717, 1.165) is 18.4 Å². The summed E-state index contributed by atoms with van der Waals surface area (Å²) in [7, 11) is 0. The minimum atomic E-state index is -1.13. The largest absolute Gasteiger partial charge is 0.379 e. The van der Waals surface area contributed by atoms with Gasteiger partial charge in [0.15, 0.2) is 6.10 Å². The molecule has 0 bridgehead atoms. The summed E-state index contributed by atoms with van der Waals surface area (Å²) in [6, 6.07) is 9.62. The molecule has 0 radical (unpaired) electrons. The van der Waals surface area contributed by atoms with E-state index in [-0.39, 0.29) is 16.9 Å². The van der Waals surface area contributed by atoms with Gasteiger partial charge in [0, 0.05) is 5.54 Å². The standard InChI is InChI=1S/C19H29NO2/c1-6-18(2,3)14-19(4,5)20-17(22)16(21)13-12-15-10-8-7-9-11-15/h7-13,16,21H,6,14H2,1-5H3,(H,20,22)/b13-12+. The maximum Gasteiger partial charge on any atom is 0.253 e. The SMILES string of the molecule is CCC(C)(C)CC(C)(C)NC(=O)C(O)/C=C/c1ccccc1. The zero-order valence-corrected chi connectivity index (χ0v) is 14.4. The number of aliphatic hydroxyl groups is 1. The van der Waals surface area contributed by atoms with Crippen LogP contribution in [0.3, 0.4) is 0 Å². The van der Waals surface area contributed by atoms with Gasteiger partial charge in [0.25, 0.3) is 5.91 Å². The van der Waals surface area contributed by atoms with Crippen LogP contribution in [-0.2, 0) is 4.79 Å². The maximum atomic E-state index is 12.1. The molecule has 0 aliphatic heterocycles. The van der Waals surface area contributed by atoms with Gasteiger partial charge in [-0.3, -0.25) is 4.79 Å². The summed E-state index contributed by atoms with van der Waals surface area (Å²) in [5.41, 5.74) is 0.764. The lowest BCUT2D eigenvalue weighted by molar-refractivity contribution is -0.129. The summed E-state index contributed by atoms with van der Waals surface area (Å²) >= 11 is 0. The number of carbonyl (C=O) groups is 1. The molecular formula is C19H29NO2. The van der Waals surface area contributed by atoms with Crippen molar-refractivity contribution in [2.24, 2.45) is 5.41 Å². The molecule has 0 saturated heterocycles. The van der Waals surface area contributed by atoms with Gasteiger partial charge in [-0.15, -0.1) is 0 Å². The molecule has 1 amide bonds. The van der Waals surface area contributed by atoms with E-state index in [0.29, 0.717) is 0 Å². The highest BCUT2D eigenvalue weighted by atomic mass is 16.3. The fourth-order valence-electron chi connectivity index (χ4n) is 2.63. The lowest BCUT2D eigenvalue weighted by Crippen LogP contribution is -2.49. The Hall–Kier alpha value is -1.61. The van der Waals surface area contributed by atoms with E-state index in [1.54, 1.807) is 6.08 Å². The fraction of sp³-hybridized carbons (Fsp3) is 0.526. The van der Waals surface area contributed by atoms with Gasteiger partial charge in [-0.05, 0) is 37.3 Å². The predicted octanol–water partition coefficient (Wildman–Crippen LogP) is 3.78. The van der Waals surface area contributed by atoms with Crippen molar-refractivity contribution >= 4 is 12.0 Å². The number of rotatable bonds is 7. The van der Waals surface area contributed by atoms with Crippen LogP contribution in [0.15, 0.2) is 36.4 Å². The van der Waals surface area contributed by atoms with Gasteiger partial charge in [0.1, 0.15) is 0 Å². The number of benzene rings is 1. The second kappa shape index (κ2) is 7.59. The van der Waals surface area contributed by atoms with E-state index in [4.69, 9.17) is 0 Å². The van der Waals surface area contributed by atoms with E-state index >= 15 is 0 Å². The molecule has 1 rings (SSSR count). The first-order chi connectivity index (χ1) is 10.2. The molecule has 1 unspecified atom stereocenters. The van der Waals surface area contributed by atoms with Crippen LogP contribution in [0, 0.1) is 5.41 Å². The van der Waals surface area contributed by atoms with Crippen molar-refractivity contribution in [3.8, 4) is 0 Å². The first-order valence-corrected chi connectivity index (χ1v) is 7.88. The molecule has 0 aromatic heterocycles. The van der Waals surface area contributed by atoms with Gasteiger partial charge in [-0.2, -0.15) is 0 Å². The third-order valence-electron chi connectivity index (χ3n) is 3.88. The van der Waals surface area contributed by atoms with Crippen molar-refractivity contribution in [1.82, 2.24) is 5.32 Å². The molecule has 1 aromatic carbocycles. The van der Waals surface area contributed by atoms with Crippen molar-refractivity contribution in [1.29, 1.82) is 0 Å². The van der Waals surface area contributed by atoms with Crippen molar-refractivity contribution < 1.29 is 9.90 Å². The van der Waals surface area contributed by atoms with Crippen LogP contribution >= 0.6 is 0 Å². The summed E-state index contributed by atoms with van der Waals surface area (Å²) in [4.78, 5) is 12.1. The Morgan fingerprint density at radius 2 is 1.82 bits per heavy atom. The molecule has 22 heavy (non-hydrogen) atoms. The molecule has 0 aliphatic rings. The third-order valence-corrected chi connectivity index (χ3v) is 3.88. The quantitative estimate of drug-likeness (QED) is 0.805. The van der Waals surface area contributed by atoms with Gasteiger partial charge >= 0.3 is 0 Å². The Kier molecular flexibility index (Phi) is 6.36. The average molecular weight is 303 g/mol. The van der Waals surface area contributed by atoms with Gasteiger partial charge in [-0.25, -0.2) is 0 Å². The number of hydrogen-bond acceptors (Lipinski definition) is 2. The molecule has 122 valence electrons. The van der Waals surface area contributed by atoms with E-state index in [2.05, 4.69) is 26.1 Å². The van der Waals surface area contributed by atoms with E-state index in [1.807, 2.05) is 44.2 Å². The molecule has 0 heterocycles. The van der Waals surface area contributed by atoms with Crippen molar-refractivity contribution in [2.75, 3.05) is 0 Å². The molecule has 1 aromatic rings. The molecule has 2 N–H and O–H groups in total. The minimum absolute atomic E-state index is 0.154. The summed E-state index contributed by atoms with van der Waals surface area (Å²) in [5.74, 6) is -0.357. The highest BCUT2D eigenvalue weighted by molar-refractivity contribution is 5.84. The van der Waals surface area contributed by atoms with Crippen molar-refractivity contribution in [2.45, 2.75) is 59.1 Å². The molecule has 0 spiro atoms. The Morgan fingerprint density at radius 3 is 2.36 bits per heavy atom. The highest BCUT2D eigenvalue weighted by Gasteiger charge is 2.30. The van der Waals surface area contributed by atoms with Gasteiger partial charge in [-0.1, -0.05) is 63.6 Å². The van der Waals surface area contributed by atoms with Crippen LogP contribution in [0.4, 0.5) is 0 Å². The van der Waals surface area contributed by atoms with Crippen LogP contribution in [0.5, 0.6) is 0 Å². The summed E-state index contributed by atoms with van der Waals surface area (Å²) < 4.78 is 0. The second-order valence-electron chi connectivity index (χ2n) is 7.28. The molecule has 0 saturated carbocycles. The summed E-state index contributed by atoms with van der Waals surface area (Å²) in [5, 5.41) is 12.9. The van der Waals surface area contributed by atoms with E-state index in [9.17, 15) is 9.90 Å². The maximum absolute atomic E-state index is 12.1. The Labute approximate surface area is 134 Å². The molecule has 0 aliphatic carbocycles. The molecular weight excluding hydrogens is 274 g/mol. The zero-order chi connectivity index (χ0) is 16.8. The second-order valence-corrected chi connectivity index (χ2v) is 7.28. The van der Waals surface area contributed by atoms with Crippen LogP contribution in [0.2, 0.25) is 0 Å². The highest BCUT2D eigenvalue weighted by Crippen LogP contribution is 2.30. The lowest BCUT2D eigenvalue weighted by Gasteiger charge is -2.35. The van der Waals surface area contributed by atoms with Crippen LogP contribution in [0.25, 0.3) is 6.08 Å². The van der Waals surface area contributed by atoms with Crippen LogP contribution < -0.4 is 5.32 Å². The molecule has 3 nitrogen and oxygen atoms in total. The smallest absolute Gasteiger partial charge is 0.253 e. The first-order valence-electron chi connectivity index (χ1n) is 7.88. The third kappa shape index (κ3) is 6.44. The molecule has 0 fully saturated rings. The lowest BCUT2D eigenvalue weighted by atomic mass is 9.78. The number of hydrogen-bond donors (Lipinski definition) is 2.